The first-order valence-corrected chi connectivity index (χ1v) is 4.45. The Morgan fingerprint density at radius 2 is 2.07 bits per heavy atom. The molecule has 0 unspecified atom stereocenters. The van der Waals surface area contributed by atoms with Gasteiger partial charge >= 0.3 is 5.97 Å². The molecule has 0 aliphatic rings. The van der Waals surface area contributed by atoms with E-state index in [1.807, 2.05) is 30.3 Å². The van der Waals surface area contributed by atoms with Crippen molar-refractivity contribution < 1.29 is 14.1 Å². The van der Waals surface area contributed by atoms with Crippen LogP contribution < -0.4 is 4.74 Å². The van der Waals surface area contributed by atoms with Gasteiger partial charge in [-0.25, -0.2) is 0 Å². The maximum absolute atomic E-state index is 10.8. The van der Waals surface area contributed by atoms with Crippen LogP contribution in [0.25, 0.3) is 11.3 Å². The summed E-state index contributed by atoms with van der Waals surface area (Å²) in [6.45, 7) is 1.34. The van der Waals surface area contributed by atoms with Crippen molar-refractivity contribution in [2.24, 2.45) is 0 Å². The van der Waals surface area contributed by atoms with Gasteiger partial charge in [-0.3, -0.25) is 4.79 Å². The first kappa shape index (κ1) is 9.45. The van der Waals surface area contributed by atoms with Crippen LogP contribution in [0.2, 0.25) is 0 Å². The van der Waals surface area contributed by atoms with Crippen molar-refractivity contribution in [3.8, 4) is 17.0 Å². The summed E-state index contributed by atoms with van der Waals surface area (Å²) in [5.41, 5.74) is 1.38. The number of aromatic nitrogens is 1. The summed E-state index contributed by atoms with van der Waals surface area (Å²) in [4.78, 5) is 10.8. The fraction of sp³-hybridized carbons (Fsp3) is 0.0909. The van der Waals surface area contributed by atoms with Crippen LogP contribution >= 0.6 is 0 Å². The van der Waals surface area contributed by atoms with E-state index in [1.165, 1.54) is 13.2 Å². The molecule has 15 heavy (non-hydrogen) atoms. The van der Waals surface area contributed by atoms with Crippen molar-refractivity contribution >= 4 is 5.97 Å². The second kappa shape index (κ2) is 3.96. The molecule has 0 spiro atoms. The average Bonchev–Trinajstić information content (AvgIpc) is 2.66. The van der Waals surface area contributed by atoms with E-state index in [4.69, 9.17) is 9.26 Å². The maximum atomic E-state index is 10.8. The number of nitrogens with zero attached hydrogens (tertiary/aromatic N) is 1. The molecule has 0 fully saturated rings. The van der Waals surface area contributed by atoms with Crippen molar-refractivity contribution in [1.29, 1.82) is 0 Å². The van der Waals surface area contributed by atoms with Crippen LogP contribution in [0.1, 0.15) is 6.92 Å². The third-order valence-electron chi connectivity index (χ3n) is 1.84. The van der Waals surface area contributed by atoms with Gasteiger partial charge < -0.3 is 9.26 Å². The Labute approximate surface area is 86.5 Å². The van der Waals surface area contributed by atoms with E-state index in [9.17, 15) is 4.79 Å². The lowest BCUT2D eigenvalue weighted by molar-refractivity contribution is -0.131. The highest BCUT2D eigenvalue weighted by Crippen LogP contribution is 2.28. The molecule has 0 radical (unpaired) electrons. The number of hydrogen-bond acceptors (Lipinski definition) is 4. The van der Waals surface area contributed by atoms with Crippen LogP contribution in [-0.4, -0.2) is 11.1 Å². The molecule has 0 bridgehead atoms. The van der Waals surface area contributed by atoms with Crippen molar-refractivity contribution in [2.45, 2.75) is 6.92 Å². The Morgan fingerprint density at radius 3 is 2.73 bits per heavy atom. The molecule has 76 valence electrons. The minimum absolute atomic E-state index is 0.341. The highest BCUT2D eigenvalue weighted by molar-refractivity contribution is 5.73. The Hall–Kier alpha value is -2.10. The molecular weight excluding hydrogens is 194 g/mol. The molecule has 1 heterocycles. The summed E-state index contributed by atoms with van der Waals surface area (Å²) in [6.07, 6.45) is 1.31. The molecule has 2 aromatic rings. The highest BCUT2D eigenvalue weighted by Gasteiger charge is 2.12. The summed E-state index contributed by atoms with van der Waals surface area (Å²) < 4.78 is 9.72. The van der Waals surface area contributed by atoms with E-state index in [2.05, 4.69) is 5.16 Å². The number of carbonyl (C=O) groups excluding carboxylic acids is 1. The fourth-order valence-corrected chi connectivity index (χ4v) is 1.25. The van der Waals surface area contributed by atoms with Crippen molar-refractivity contribution in [3.05, 3.63) is 36.6 Å². The first-order valence-electron chi connectivity index (χ1n) is 4.45. The van der Waals surface area contributed by atoms with Gasteiger partial charge in [0.1, 0.15) is 0 Å². The Kier molecular flexibility index (Phi) is 2.49. The molecule has 1 aromatic carbocycles. The minimum atomic E-state index is -0.393. The fourth-order valence-electron chi connectivity index (χ4n) is 1.25. The third kappa shape index (κ3) is 2.04. The zero-order chi connectivity index (χ0) is 10.7. The zero-order valence-corrected chi connectivity index (χ0v) is 8.14. The quantitative estimate of drug-likeness (QED) is 0.702. The maximum Gasteiger partial charge on any atom is 0.308 e. The van der Waals surface area contributed by atoms with E-state index >= 15 is 0 Å². The average molecular weight is 203 g/mol. The van der Waals surface area contributed by atoms with Crippen LogP contribution in [-0.2, 0) is 4.79 Å². The van der Waals surface area contributed by atoms with Crippen molar-refractivity contribution in [1.82, 2.24) is 5.16 Å². The largest absolute Gasteiger partial charge is 0.421 e. The van der Waals surface area contributed by atoms with Crippen molar-refractivity contribution in [2.75, 3.05) is 0 Å². The van der Waals surface area contributed by atoms with Gasteiger partial charge in [-0.1, -0.05) is 35.5 Å². The number of esters is 1. The van der Waals surface area contributed by atoms with E-state index in [0.29, 0.717) is 11.4 Å². The van der Waals surface area contributed by atoms with E-state index in [-0.39, 0.29) is 0 Å². The molecule has 1 aromatic heterocycles. The van der Waals surface area contributed by atoms with E-state index < -0.39 is 5.97 Å². The molecule has 0 aliphatic heterocycles. The molecular formula is C11H9NO3. The first-order chi connectivity index (χ1) is 7.27. The summed E-state index contributed by atoms with van der Waals surface area (Å²) in [5.74, 6) is -0.0518. The van der Waals surface area contributed by atoms with Gasteiger partial charge in [0.05, 0.1) is 0 Å². The number of benzene rings is 1. The molecule has 0 saturated carbocycles. The topological polar surface area (TPSA) is 52.3 Å². The van der Waals surface area contributed by atoms with Gasteiger partial charge in [-0.05, 0) is 0 Å². The number of ether oxygens (including phenoxy) is 1. The normalized spacial score (nSPS) is 9.93. The molecule has 0 aliphatic carbocycles. The van der Waals surface area contributed by atoms with E-state index in [1.54, 1.807) is 0 Å². The molecule has 0 amide bonds. The molecule has 0 saturated heterocycles. The molecule has 0 N–H and O–H groups in total. The van der Waals surface area contributed by atoms with Gasteiger partial charge in [-0.15, -0.1) is 0 Å². The second-order valence-electron chi connectivity index (χ2n) is 2.99. The highest BCUT2D eigenvalue weighted by atomic mass is 16.6. The lowest BCUT2D eigenvalue weighted by Gasteiger charge is -1.99. The molecule has 4 heteroatoms. The van der Waals surface area contributed by atoms with Crippen LogP contribution in [0.5, 0.6) is 5.75 Å². The van der Waals surface area contributed by atoms with E-state index in [0.717, 1.165) is 5.56 Å². The van der Waals surface area contributed by atoms with Crippen LogP contribution in [0, 0.1) is 0 Å². The van der Waals surface area contributed by atoms with Gasteiger partial charge in [0, 0.05) is 12.5 Å². The number of rotatable bonds is 2. The predicted molar refractivity (Wildman–Crippen MR) is 53.2 cm³/mol. The summed E-state index contributed by atoms with van der Waals surface area (Å²) in [7, 11) is 0. The second-order valence-corrected chi connectivity index (χ2v) is 2.99. The Morgan fingerprint density at radius 1 is 1.33 bits per heavy atom. The van der Waals surface area contributed by atoms with Crippen LogP contribution in [0.4, 0.5) is 0 Å². The lowest BCUT2D eigenvalue weighted by atomic mass is 10.1. The Balaban J connectivity index is 2.37. The standard InChI is InChI=1S/C11H9NO3/c1-8(13)15-10-7-14-12-11(10)9-5-3-2-4-6-9/h2-7H,1H3. The van der Waals surface area contributed by atoms with Crippen LogP contribution in [0.15, 0.2) is 41.1 Å². The smallest absolute Gasteiger partial charge is 0.308 e. The van der Waals surface area contributed by atoms with Gasteiger partial charge in [0.2, 0.25) is 0 Å². The monoisotopic (exact) mass is 203 g/mol. The zero-order valence-electron chi connectivity index (χ0n) is 8.14. The minimum Gasteiger partial charge on any atom is -0.421 e. The summed E-state index contributed by atoms with van der Waals surface area (Å²) in [5, 5.41) is 3.79. The summed E-state index contributed by atoms with van der Waals surface area (Å²) >= 11 is 0. The molecule has 2 rings (SSSR count). The van der Waals surface area contributed by atoms with Gasteiger partial charge in [0.15, 0.2) is 17.7 Å². The van der Waals surface area contributed by atoms with Crippen LogP contribution in [0.3, 0.4) is 0 Å². The Bertz CT molecular complexity index is 462. The van der Waals surface area contributed by atoms with Gasteiger partial charge in [0.25, 0.3) is 0 Å². The van der Waals surface area contributed by atoms with Gasteiger partial charge in [-0.2, -0.15) is 0 Å². The number of hydrogen-bond donors (Lipinski definition) is 0. The SMILES string of the molecule is CC(=O)Oc1conc1-c1ccccc1. The predicted octanol–water partition coefficient (Wildman–Crippen LogP) is 2.27. The summed E-state index contributed by atoms with van der Waals surface area (Å²) in [6, 6.07) is 9.38. The molecule has 0 atom stereocenters. The lowest BCUT2D eigenvalue weighted by Crippen LogP contribution is -2.01. The number of carbonyl (C=O) groups is 1. The molecule has 4 nitrogen and oxygen atoms in total. The van der Waals surface area contributed by atoms with Crippen molar-refractivity contribution in [3.63, 3.8) is 0 Å². The third-order valence-corrected chi connectivity index (χ3v) is 1.84.